The Morgan fingerprint density at radius 2 is 2.12 bits per heavy atom. The van der Waals surface area contributed by atoms with Gasteiger partial charge >= 0.3 is 0 Å². The minimum atomic E-state index is 0.585. The minimum Gasteiger partial charge on any atom is -0.356 e. The van der Waals surface area contributed by atoms with Crippen molar-refractivity contribution in [3.05, 3.63) is 35.4 Å². The summed E-state index contributed by atoms with van der Waals surface area (Å²) in [6.45, 7) is 4.41. The summed E-state index contributed by atoms with van der Waals surface area (Å²) in [6, 6.07) is 9.44. The molecule has 138 valence electrons. The number of fused-ring (bicyclic) bond motifs is 1. The number of rotatable bonds is 6. The average molecular weight is 361 g/mol. The Labute approximate surface area is 156 Å². The van der Waals surface area contributed by atoms with Gasteiger partial charge in [-0.25, -0.2) is 0 Å². The van der Waals surface area contributed by atoms with E-state index in [0.29, 0.717) is 6.04 Å². The first-order chi connectivity index (χ1) is 12.3. The number of thioether (sulfide) groups is 1. The predicted octanol–water partition coefficient (Wildman–Crippen LogP) is 2.88. The number of hydrogen-bond donors (Lipinski definition) is 2. The second-order valence-corrected chi connectivity index (χ2v) is 8.30. The summed E-state index contributed by atoms with van der Waals surface area (Å²) in [5, 5.41) is 7.90. The smallest absolute Gasteiger partial charge is 0.191 e. The zero-order valence-corrected chi connectivity index (χ0v) is 16.4. The molecule has 1 aromatic carbocycles. The first-order valence-corrected chi connectivity index (χ1v) is 10.9. The van der Waals surface area contributed by atoms with Crippen LogP contribution in [0.5, 0.6) is 0 Å². The van der Waals surface area contributed by atoms with Crippen LogP contribution in [0.4, 0.5) is 0 Å². The largest absolute Gasteiger partial charge is 0.356 e. The van der Waals surface area contributed by atoms with Crippen LogP contribution in [-0.2, 0) is 13.0 Å². The van der Waals surface area contributed by atoms with E-state index in [-0.39, 0.29) is 0 Å². The third-order valence-corrected chi connectivity index (χ3v) is 6.53. The van der Waals surface area contributed by atoms with E-state index >= 15 is 0 Å². The van der Waals surface area contributed by atoms with E-state index < -0.39 is 0 Å². The fourth-order valence-corrected chi connectivity index (χ4v) is 4.72. The van der Waals surface area contributed by atoms with Crippen molar-refractivity contribution in [1.82, 2.24) is 15.5 Å². The fourth-order valence-electron chi connectivity index (χ4n) is 3.93. The van der Waals surface area contributed by atoms with Crippen molar-refractivity contribution in [3.63, 3.8) is 0 Å². The molecule has 1 aliphatic heterocycles. The molecule has 1 saturated carbocycles. The highest BCUT2D eigenvalue weighted by atomic mass is 32.2. The highest BCUT2D eigenvalue weighted by molar-refractivity contribution is 7.99. The van der Waals surface area contributed by atoms with Crippen molar-refractivity contribution in [3.8, 4) is 0 Å². The average Bonchev–Trinajstić information content (AvgIpc) is 3.11. The van der Waals surface area contributed by atoms with Gasteiger partial charge in [-0.1, -0.05) is 24.3 Å². The van der Waals surface area contributed by atoms with Crippen LogP contribution in [0.25, 0.3) is 0 Å². The molecule has 2 unspecified atom stereocenters. The Kier molecular flexibility index (Phi) is 7.05. The summed E-state index contributed by atoms with van der Waals surface area (Å²) in [6.07, 6.45) is 8.41. The number of hydrogen-bond acceptors (Lipinski definition) is 3. The first-order valence-electron chi connectivity index (χ1n) is 9.57. The van der Waals surface area contributed by atoms with Gasteiger partial charge in [0.1, 0.15) is 0 Å². The van der Waals surface area contributed by atoms with Crippen molar-refractivity contribution in [2.24, 2.45) is 4.99 Å². The monoisotopic (exact) mass is 360 g/mol. The summed E-state index contributed by atoms with van der Waals surface area (Å²) >= 11 is 2.00. The van der Waals surface area contributed by atoms with Crippen LogP contribution in [0.1, 0.15) is 36.8 Å². The van der Waals surface area contributed by atoms with Gasteiger partial charge in [-0.05, 0) is 49.5 Å². The Morgan fingerprint density at radius 1 is 1.28 bits per heavy atom. The molecule has 4 nitrogen and oxygen atoms in total. The maximum Gasteiger partial charge on any atom is 0.191 e. The maximum absolute atomic E-state index is 4.39. The molecular formula is C20H32N4S. The normalized spacial score (nSPS) is 24.2. The molecule has 1 fully saturated rings. The number of guanidine groups is 1. The van der Waals surface area contributed by atoms with Crippen LogP contribution >= 0.6 is 11.8 Å². The zero-order chi connectivity index (χ0) is 17.5. The topological polar surface area (TPSA) is 39.7 Å². The van der Waals surface area contributed by atoms with Gasteiger partial charge in [0.05, 0.1) is 0 Å². The summed E-state index contributed by atoms with van der Waals surface area (Å²) in [4.78, 5) is 6.96. The summed E-state index contributed by atoms with van der Waals surface area (Å²) in [5.41, 5.74) is 3.03. The molecule has 0 spiro atoms. The SMILES string of the molecule is CN=C(NCCCN1CCc2ccccc2C1)NC1CCC(SC)C1. The Hall–Kier alpha value is -1.20. The van der Waals surface area contributed by atoms with Gasteiger partial charge in [0, 0.05) is 44.5 Å². The van der Waals surface area contributed by atoms with Crippen molar-refractivity contribution >= 4 is 17.7 Å². The highest BCUT2D eigenvalue weighted by Gasteiger charge is 2.24. The molecule has 5 heteroatoms. The molecule has 0 bridgehead atoms. The van der Waals surface area contributed by atoms with Gasteiger partial charge in [0.15, 0.2) is 5.96 Å². The Morgan fingerprint density at radius 3 is 2.88 bits per heavy atom. The number of nitrogens with one attached hydrogen (secondary N) is 2. The van der Waals surface area contributed by atoms with Gasteiger partial charge in [0.2, 0.25) is 0 Å². The van der Waals surface area contributed by atoms with Crippen LogP contribution in [0.2, 0.25) is 0 Å². The van der Waals surface area contributed by atoms with Gasteiger partial charge < -0.3 is 10.6 Å². The van der Waals surface area contributed by atoms with E-state index in [9.17, 15) is 0 Å². The second kappa shape index (κ2) is 9.48. The molecule has 0 aromatic heterocycles. The molecule has 2 atom stereocenters. The third-order valence-electron chi connectivity index (χ3n) is 5.44. The first kappa shape index (κ1) is 18.6. The van der Waals surface area contributed by atoms with E-state index in [1.165, 1.54) is 43.4 Å². The maximum atomic E-state index is 4.39. The molecule has 25 heavy (non-hydrogen) atoms. The lowest BCUT2D eigenvalue weighted by molar-refractivity contribution is 0.251. The second-order valence-electron chi connectivity index (χ2n) is 7.16. The molecule has 1 heterocycles. The molecule has 3 rings (SSSR count). The predicted molar refractivity (Wildman–Crippen MR) is 109 cm³/mol. The summed E-state index contributed by atoms with van der Waals surface area (Å²) < 4.78 is 0. The molecule has 1 aliphatic carbocycles. The van der Waals surface area contributed by atoms with Crippen molar-refractivity contribution in [2.75, 3.05) is 32.9 Å². The summed E-state index contributed by atoms with van der Waals surface area (Å²) in [7, 11) is 1.87. The van der Waals surface area contributed by atoms with Gasteiger partial charge in [-0.3, -0.25) is 9.89 Å². The van der Waals surface area contributed by atoms with E-state index in [1.54, 1.807) is 0 Å². The van der Waals surface area contributed by atoms with Crippen molar-refractivity contribution in [2.45, 2.75) is 49.9 Å². The fraction of sp³-hybridized carbons (Fsp3) is 0.650. The lowest BCUT2D eigenvalue weighted by Gasteiger charge is -2.28. The molecular weight excluding hydrogens is 328 g/mol. The lowest BCUT2D eigenvalue weighted by atomic mass is 10.00. The Bertz CT molecular complexity index is 575. The van der Waals surface area contributed by atoms with E-state index in [0.717, 1.165) is 37.3 Å². The van der Waals surface area contributed by atoms with E-state index in [1.807, 2.05) is 18.8 Å². The van der Waals surface area contributed by atoms with Crippen LogP contribution in [0, 0.1) is 0 Å². The standard InChI is InChI=1S/C20H32N4S/c1-21-20(23-18-8-9-19(14-18)25-2)22-11-5-12-24-13-10-16-6-3-4-7-17(16)15-24/h3-4,6-7,18-19H,5,8-15H2,1-2H3,(H2,21,22,23). The van der Waals surface area contributed by atoms with Crippen molar-refractivity contribution in [1.29, 1.82) is 0 Å². The van der Waals surface area contributed by atoms with Crippen molar-refractivity contribution < 1.29 is 0 Å². The number of aliphatic imine (C=N–C) groups is 1. The molecule has 0 saturated heterocycles. The zero-order valence-electron chi connectivity index (χ0n) is 15.6. The number of nitrogens with zero attached hydrogens (tertiary/aromatic N) is 2. The molecule has 2 aliphatic rings. The molecule has 0 radical (unpaired) electrons. The Balaban J connectivity index is 1.34. The van der Waals surface area contributed by atoms with E-state index in [4.69, 9.17) is 0 Å². The van der Waals surface area contributed by atoms with E-state index in [2.05, 4.69) is 51.0 Å². The van der Waals surface area contributed by atoms with Gasteiger partial charge in [-0.2, -0.15) is 11.8 Å². The van der Waals surface area contributed by atoms with Gasteiger partial charge in [0.25, 0.3) is 0 Å². The van der Waals surface area contributed by atoms with Crippen LogP contribution in [0.15, 0.2) is 29.3 Å². The van der Waals surface area contributed by atoms with Crippen LogP contribution in [-0.4, -0.2) is 55.1 Å². The highest BCUT2D eigenvalue weighted by Crippen LogP contribution is 2.28. The molecule has 1 aromatic rings. The van der Waals surface area contributed by atoms with Gasteiger partial charge in [-0.15, -0.1) is 0 Å². The number of benzene rings is 1. The van der Waals surface area contributed by atoms with Crippen LogP contribution < -0.4 is 10.6 Å². The lowest BCUT2D eigenvalue weighted by Crippen LogP contribution is -2.43. The minimum absolute atomic E-state index is 0.585. The third kappa shape index (κ3) is 5.38. The van der Waals surface area contributed by atoms with Crippen LogP contribution in [0.3, 0.4) is 0 Å². The molecule has 0 amide bonds. The quantitative estimate of drug-likeness (QED) is 0.465. The summed E-state index contributed by atoms with van der Waals surface area (Å²) in [5.74, 6) is 0.968. The molecule has 2 N–H and O–H groups in total.